The first-order chi connectivity index (χ1) is 8.35. The summed E-state index contributed by atoms with van der Waals surface area (Å²) < 4.78 is 5.17. The van der Waals surface area contributed by atoms with Crippen LogP contribution in [0.15, 0.2) is 0 Å². The first kappa shape index (κ1) is 17.7. The Morgan fingerprint density at radius 2 is 1.74 bits per heavy atom. The summed E-state index contributed by atoms with van der Waals surface area (Å²) in [4.78, 5) is 22.6. The van der Waals surface area contributed by atoms with E-state index in [1.165, 1.54) is 0 Å². The molecule has 2 atom stereocenters. The van der Waals surface area contributed by atoms with Gasteiger partial charge < -0.3 is 20.9 Å². The molecule has 0 radical (unpaired) electrons. The van der Waals surface area contributed by atoms with Crippen LogP contribution >= 0.6 is 0 Å². The minimum atomic E-state index is -1.04. The molecule has 0 aliphatic carbocycles. The number of aliphatic carboxylic acids is 1. The van der Waals surface area contributed by atoms with E-state index in [-0.39, 0.29) is 12.3 Å². The van der Waals surface area contributed by atoms with Gasteiger partial charge in [0.2, 0.25) is 0 Å². The molecule has 6 heteroatoms. The molecule has 0 fully saturated rings. The third kappa shape index (κ3) is 7.00. The van der Waals surface area contributed by atoms with Crippen molar-refractivity contribution in [1.29, 1.82) is 0 Å². The maximum atomic E-state index is 11.8. The molecule has 1 amide bonds. The van der Waals surface area contributed by atoms with Crippen LogP contribution in [0.25, 0.3) is 0 Å². The van der Waals surface area contributed by atoms with E-state index in [9.17, 15) is 9.59 Å². The summed E-state index contributed by atoms with van der Waals surface area (Å²) in [6, 6.07) is -0.488. The molecule has 4 N–H and O–H groups in total. The zero-order chi connectivity index (χ0) is 15.4. The SMILES string of the molecule is CC(C)C(NC(=O)OC(C)(C)C)C(C)(N)CC(=O)O. The summed E-state index contributed by atoms with van der Waals surface area (Å²) in [7, 11) is 0. The molecule has 0 heterocycles. The van der Waals surface area contributed by atoms with E-state index in [1.54, 1.807) is 27.7 Å². The number of alkyl carbamates (subject to hydrolysis) is 1. The van der Waals surface area contributed by atoms with Gasteiger partial charge in [-0.15, -0.1) is 0 Å². The third-order valence-electron chi connectivity index (χ3n) is 2.58. The van der Waals surface area contributed by atoms with E-state index in [2.05, 4.69) is 5.32 Å². The Morgan fingerprint density at radius 1 is 1.26 bits per heavy atom. The summed E-state index contributed by atoms with van der Waals surface area (Å²) in [5, 5.41) is 11.5. The molecule has 0 aromatic rings. The van der Waals surface area contributed by atoms with Gasteiger partial charge in [0.25, 0.3) is 0 Å². The first-order valence-electron chi connectivity index (χ1n) is 6.35. The zero-order valence-electron chi connectivity index (χ0n) is 12.6. The van der Waals surface area contributed by atoms with Gasteiger partial charge in [0.05, 0.1) is 12.5 Å². The molecule has 0 spiro atoms. The van der Waals surface area contributed by atoms with Gasteiger partial charge in [0.15, 0.2) is 0 Å². The van der Waals surface area contributed by atoms with Crippen molar-refractivity contribution in [1.82, 2.24) is 5.32 Å². The molecule has 0 bridgehead atoms. The van der Waals surface area contributed by atoms with Crippen LogP contribution in [-0.4, -0.2) is 34.4 Å². The van der Waals surface area contributed by atoms with Crippen LogP contribution in [0.4, 0.5) is 4.79 Å². The summed E-state index contributed by atoms with van der Waals surface area (Å²) in [5.41, 5.74) is 4.37. The molecule has 0 saturated carbocycles. The molecule has 0 aliphatic heterocycles. The number of hydrogen-bond donors (Lipinski definition) is 3. The number of nitrogens with one attached hydrogen (secondary N) is 1. The second-order valence-electron chi connectivity index (χ2n) is 6.44. The van der Waals surface area contributed by atoms with Gasteiger partial charge in [-0.25, -0.2) is 4.79 Å². The minimum absolute atomic E-state index is 0.0122. The van der Waals surface area contributed by atoms with Gasteiger partial charge in [-0.2, -0.15) is 0 Å². The highest BCUT2D eigenvalue weighted by atomic mass is 16.6. The van der Waals surface area contributed by atoms with Crippen LogP contribution < -0.4 is 11.1 Å². The summed E-state index contributed by atoms with van der Waals surface area (Å²) >= 11 is 0. The largest absolute Gasteiger partial charge is 0.481 e. The first-order valence-corrected chi connectivity index (χ1v) is 6.35. The number of ether oxygens (including phenoxy) is 1. The normalized spacial score (nSPS) is 16.6. The minimum Gasteiger partial charge on any atom is -0.481 e. The Hall–Kier alpha value is -1.30. The number of carboxylic acid groups (broad SMARTS) is 1. The number of carboxylic acids is 1. The maximum absolute atomic E-state index is 11.8. The Morgan fingerprint density at radius 3 is 2.05 bits per heavy atom. The van der Waals surface area contributed by atoms with Crippen LogP contribution in [0.5, 0.6) is 0 Å². The van der Waals surface area contributed by atoms with Crippen molar-refractivity contribution in [2.75, 3.05) is 0 Å². The smallest absolute Gasteiger partial charge is 0.407 e. The van der Waals surface area contributed by atoms with E-state index < -0.39 is 29.2 Å². The van der Waals surface area contributed by atoms with E-state index in [0.717, 1.165) is 0 Å². The van der Waals surface area contributed by atoms with Gasteiger partial charge in [0.1, 0.15) is 5.60 Å². The highest BCUT2D eigenvalue weighted by molar-refractivity contribution is 5.70. The van der Waals surface area contributed by atoms with Crippen molar-refractivity contribution in [3.63, 3.8) is 0 Å². The lowest BCUT2D eigenvalue weighted by molar-refractivity contribution is -0.138. The number of nitrogens with two attached hydrogens (primary N) is 1. The van der Waals surface area contributed by atoms with E-state index in [4.69, 9.17) is 15.6 Å². The lowest BCUT2D eigenvalue weighted by Gasteiger charge is -2.36. The fraction of sp³-hybridized carbons (Fsp3) is 0.846. The zero-order valence-corrected chi connectivity index (χ0v) is 12.6. The van der Waals surface area contributed by atoms with Gasteiger partial charge in [-0.1, -0.05) is 13.8 Å². The quantitative estimate of drug-likeness (QED) is 0.708. The second kappa shape index (κ2) is 6.23. The number of amides is 1. The van der Waals surface area contributed by atoms with E-state index in [1.807, 2.05) is 13.8 Å². The molecule has 6 nitrogen and oxygen atoms in total. The number of carbonyl (C=O) groups is 2. The van der Waals surface area contributed by atoms with Crippen LogP contribution in [0, 0.1) is 5.92 Å². The van der Waals surface area contributed by atoms with Crippen LogP contribution in [-0.2, 0) is 9.53 Å². The molecular formula is C13H26N2O4. The van der Waals surface area contributed by atoms with Crippen molar-refractivity contribution >= 4 is 12.1 Å². The van der Waals surface area contributed by atoms with Crippen LogP contribution in [0.2, 0.25) is 0 Å². The molecule has 112 valence electrons. The fourth-order valence-electron chi connectivity index (χ4n) is 1.96. The summed E-state index contributed by atoms with van der Waals surface area (Å²) in [6.45, 7) is 10.6. The average molecular weight is 274 g/mol. The Bertz CT molecular complexity index is 332. The molecule has 19 heavy (non-hydrogen) atoms. The van der Waals surface area contributed by atoms with E-state index in [0.29, 0.717) is 0 Å². The lowest BCUT2D eigenvalue weighted by atomic mass is 9.83. The monoisotopic (exact) mass is 274 g/mol. The molecular weight excluding hydrogens is 248 g/mol. The molecule has 0 aliphatic rings. The highest BCUT2D eigenvalue weighted by Crippen LogP contribution is 2.19. The molecule has 0 aromatic heterocycles. The van der Waals surface area contributed by atoms with Crippen molar-refractivity contribution in [2.45, 2.75) is 65.1 Å². The number of hydrogen-bond acceptors (Lipinski definition) is 4. The Labute approximate surface area is 114 Å². The Kier molecular flexibility index (Phi) is 5.81. The van der Waals surface area contributed by atoms with Gasteiger partial charge in [0, 0.05) is 5.54 Å². The molecule has 0 aromatic carbocycles. The van der Waals surface area contributed by atoms with E-state index >= 15 is 0 Å². The average Bonchev–Trinajstić information content (AvgIpc) is 2.08. The van der Waals surface area contributed by atoms with Crippen molar-refractivity contribution in [2.24, 2.45) is 11.7 Å². The van der Waals surface area contributed by atoms with Crippen molar-refractivity contribution in [3.8, 4) is 0 Å². The van der Waals surface area contributed by atoms with Crippen molar-refractivity contribution in [3.05, 3.63) is 0 Å². The highest BCUT2D eigenvalue weighted by Gasteiger charge is 2.36. The summed E-state index contributed by atoms with van der Waals surface area (Å²) in [6.07, 6.45) is -0.820. The molecule has 0 saturated heterocycles. The topological polar surface area (TPSA) is 102 Å². The third-order valence-corrected chi connectivity index (χ3v) is 2.58. The molecule has 2 unspecified atom stereocenters. The second-order valence-corrected chi connectivity index (χ2v) is 6.44. The van der Waals surface area contributed by atoms with Gasteiger partial charge in [-0.3, -0.25) is 4.79 Å². The van der Waals surface area contributed by atoms with Crippen LogP contribution in [0.3, 0.4) is 0 Å². The van der Waals surface area contributed by atoms with Crippen LogP contribution in [0.1, 0.15) is 48.0 Å². The maximum Gasteiger partial charge on any atom is 0.407 e. The van der Waals surface area contributed by atoms with Crippen molar-refractivity contribution < 1.29 is 19.4 Å². The van der Waals surface area contributed by atoms with Gasteiger partial charge in [-0.05, 0) is 33.6 Å². The fourth-order valence-corrected chi connectivity index (χ4v) is 1.96. The number of carbonyl (C=O) groups excluding carboxylic acids is 1. The lowest BCUT2D eigenvalue weighted by Crippen LogP contribution is -2.60. The predicted octanol–water partition coefficient (Wildman–Crippen LogP) is 1.73. The number of rotatable bonds is 5. The van der Waals surface area contributed by atoms with Gasteiger partial charge >= 0.3 is 12.1 Å². The molecule has 0 rings (SSSR count). The predicted molar refractivity (Wildman–Crippen MR) is 72.8 cm³/mol. The Balaban J connectivity index is 4.84. The summed E-state index contributed by atoms with van der Waals surface area (Å²) in [5.74, 6) is -1.01. The standard InChI is InChI=1S/C13H26N2O4/c1-8(2)10(13(6,14)7-9(16)17)15-11(18)19-12(3,4)5/h8,10H,7,14H2,1-6H3,(H,15,18)(H,16,17).